The summed E-state index contributed by atoms with van der Waals surface area (Å²) in [5, 5.41) is 3.85. The first-order valence-electron chi connectivity index (χ1n) is 4.69. The summed E-state index contributed by atoms with van der Waals surface area (Å²) in [6.45, 7) is 6.68. The Labute approximate surface area is 73.8 Å². The zero-order valence-corrected chi connectivity index (χ0v) is 8.07. The summed E-state index contributed by atoms with van der Waals surface area (Å²) in [6, 6.07) is 0.230. The molecule has 0 spiro atoms. The van der Waals surface area contributed by atoms with Crippen LogP contribution >= 0.6 is 0 Å². The van der Waals surface area contributed by atoms with Crippen LogP contribution in [0.5, 0.6) is 0 Å². The van der Waals surface area contributed by atoms with Gasteiger partial charge in [-0.15, -0.1) is 0 Å². The molecule has 4 atom stereocenters. The van der Waals surface area contributed by atoms with Gasteiger partial charge in [0.25, 0.3) is 0 Å². The summed E-state index contributed by atoms with van der Waals surface area (Å²) in [6.07, 6.45) is 2.34. The molecule has 1 rings (SSSR count). The second kappa shape index (κ2) is 3.81. The van der Waals surface area contributed by atoms with Crippen LogP contribution in [-0.4, -0.2) is 6.04 Å². The standard InChI is InChI=1S/C9H17N3/c1-6-4-7(2)8(3)9(5-6)11-12-10/h6-9H,4-5H2,1-3H3/t6-,7?,8+,9?/m1/s1. The van der Waals surface area contributed by atoms with E-state index in [1.165, 1.54) is 6.42 Å². The number of hydrogen-bond acceptors (Lipinski definition) is 1. The highest BCUT2D eigenvalue weighted by atomic mass is 15.1. The third-order valence-corrected chi connectivity index (χ3v) is 3.12. The van der Waals surface area contributed by atoms with E-state index >= 15 is 0 Å². The minimum absolute atomic E-state index is 0.230. The van der Waals surface area contributed by atoms with Gasteiger partial charge in [0.05, 0.1) is 0 Å². The predicted molar refractivity (Wildman–Crippen MR) is 49.7 cm³/mol. The highest BCUT2D eigenvalue weighted by Crippen LogP contribution is 2.35. The molecule has 0 heterocycles. The van der Waals surface area contributed by atoms with Crippen LogP contribution < -0.4 is 0 Å². The first-order chi connectivity index (χ1) is 5.65. The Morgan fingerprint density at radius 2 is 1.92 bits per heavy atom. The van der Waals surface area contributed by atoms with E-state index in [4.69, 9.17) is 5.53 Å². The second-order valence-corrected chi connectivity index (χ2v) is 4.19. The summed E-state index contributed by atoms with van der Waals surface area (Å²) in [7, 11) is 0. The lowest BCUT2D eigenvalue weighted by Crippen LogP contribution is -2.30. The van der Waals surface area contributed by atoms with Gasteiger partial charge in [-0.3, -0.25) is 0 Å². The normalized spacial score (nSPS) is 41.9. The molecule has 1 aliphatic carbocycles. The van der Waals surface area contributed by atoms with E-state index < -0.39 is 0 Å². The second-order valence-electron chi connectivity index (χ2n) is 4.19. The van der Waals surface area contributed by atoms with Crippen molar-refractivity contribution >= 4 is 0 Å². The number of hydrogen-bond donors (Lipinski definition) is 0. The molecule has 1 saturated carbocycles. The summed E-state index contributed by atoms with van der Waals surface area (Å²) in [5.41, 5.74) is 8.37. The summed E-state index contributed by atoms with van der Waals surface area (Å²) >= 11 is 0. The van der Waals surface area contributed by atoms with Crippen LogP contribution in [0.25, 0.3) is 10.4 Å². The molecule has 0 radical (unpaired) electrons. The van der Waals surface area contributed by atoms with Gasteiger partial charge in [0, 0.05) is 11.0 Å². The van der Waals surface area contributed by atoms with E-state index in [1.54, 1.807) is 0 Å². The molecule has 0 saturated heterocycles. The molecular formula is C9H17N3. The third-order valence-electron chi connectivity index (χ3n) is 3.12. The van der Waals surface area contributed by atoms with E-state index in [0.717, 1.165) is 6.42 Å². The smallest absolute Gasteiger partial charge is 0.0404 e. The lowest BCUT2D eigenvalue weighted by Gasteiger charge is -2.35. The van der Waals surface area contributed by atoms with Crippen molar-refractivity contribution in [3.05, 3.63) is 10.4 Å². The maximum Gasteiger partial charge on any atom is 0.0404 e. The van der Waals surface area contributed by atoms with Gasteiger partial charge in [-0.25, -0.2) is 0 Å². The lowest BCUT2D eigenvalue weighted by molar-refractivity contribution is 0.189. The Kier molecular flexibility index (Phi) is 2.99. The van der Waals surface area contributed by atoms with Crippen molar-refractivity contribution in [2.24, 2.45) is 22.9 Å². The fraction of sp³-hybridized carbons (Fsp3) is 1.00. The van der Waals surface area contributed by atoms with Gasteiger partial charge in [0.2, 0.25) is 0 Å². The predicted octanol–water partition coefficient (Wildman–Crippen LogP) is 3.37. The zero-order chi connectivity index (χ0) is 9.14. The van der Waals surface area contributed by atoms with Gasteiger partial charge >= 0.3 is 0 Å². The Hall–Kier alpha value is -0.690. The van der Waals surface area contributed by atoms with Crippen LogP contribution in [0.15, 0.2) is 5.11 Å². The van der Waals surface area contributed by atoms with Crippen LogP contribution in [0, 0.1) is 17.8 Å². The molecule has 12 heavy (non-hydrogen) atoms. The Morgan fingerprint density at radius 1 is 1.25 bits per heavy atom. The molecule has 0 N–H and O–H groups in total. The highest BCUT2D eigenvalue weighted by molar-refractivity contribution is 4.85. The molecule has 0 aromatic heterocycles. The first kappa shape index (κ1) is 9.40. The Balaban J connectivity index is 2.65. The van der Waals surface area contributed by atoms with E-state index in [-0.39, 0.29) is 6.04 Å². The Morgan fingerprint density at radius 3 is 2.50 bits per heavy atom. The van der Waals surface area contributed by atoms with Gasteiger partial charge < -0.3 is 0 Å². The molecule has 2 unspecified atom stereocenters. The number of azide groups is 1. The topological polar surface area (TPSA) is 48.8 Å². The lowest BCUT2D eigenvalue weighted by atomic mass is 9.74. The zero-order valence-electron chi connectivity index (χ0n) is 8.07. The van der Waals surface area contributed by atoms with Crippen LogP contribution in [0.2, 0.25) is 0 Å². The summed E-state index contributed by atoms with van der Waals surface area (Å²) < 4.78 is 0. The molecule has 0 aromatic rings. The minimum Gasteiger partial charge on any atom is -0.0903 e. The third kappa shape index (κ3) is 1.92. The fourth-order valence-corrected chi connectivity index (χ4v) is 2.17. The van der Waals surface area contributed by atoms with Crippen LogP contribution in [0.1, 0.15) is 33.6 Å². The first-order valence-corrected chi connectivity index (χ1v) is 4.69. The largest absolute Gasteiger partial charge is 0.0903 e. The molecule has 3 heteroatoms. The highest BCUT2D eigenvalue weighted by Gasteiger charge is 2.29. The molecular weight excluding hydrogens is 150 g/mol. The van der Waals surface area contributed by atoms with Crippen LogP contribution in [-0.2, 0) is 0 Å². The summed E-state index contributed by atoms with van der Waals surface area (Å²) in [5.74, 6) is 1.97. The molecule has 0 bridgehead atoms. The minimum atomic E-state index is 0.230. The summed E-state index contributed by atoms with van der Waals surface area (Å²) in [4.78, 5) is 2.90. The molecule has 1 aliphatic rings. The fourth-order valence-electron chi connectivity index (χ4n) is 2.17. The maximum atomic E-state index is 8.37. The molecule has 0 aliphatic heterocycles. The number of nitrogens with zero attached hydrogens (tertiary/aromatic N) is 3. The quantitative estimate of drug-likeness (QED) is 0.326. The van der Waals surface area contributed by atoms with E-state index in [2.05, 4.69) is 30.8 Å². The van der Waals surface area contributed by atoms with Crippen molar-refractivity contribution in [3.63, 3.8) is 0 Å². The van der Waals surface area contributed by atoms with E-state index in [0.29, 0.717) is 17.8 Å². The van der Waals surface area contributed by atoms with Crippen LogP contribution in [0.4, 0.5) is 0 Å². The monoisotopic (exact) mass is 167 g/mol. The van der Waals surface area contributed by atoms with Crippen molar-refractivity contribution in [1.82, 2.24) is 0 Å². The van der Waals surface area contributed by atoms with Crippen molar-refractivity contribution in [1.29, 1.82) is 0 Å². The van der Waals surface area contributed by atoms with Gasteiger partial charge in [-0.05, 0) is 36.1 Å². The molecule has 1 fully saturated rings. The van der Waals surface area contributed by atoms with Crippen molar-refractivity contribution in [2.45, 2.75) is 39.7 Å². The van der Waals surface area contributed by atoms with Crippen molar-refractivity contribution in [2.75, 3.05) is 0 Å². The average molecular weight is 167 g/mol. The maximum absolute atomic E-state index is 8.37. The van der Waals surface area contributed by atoms with Gasteiger partial charge in [-0.2, -0.15) is 0 Å². The van der Waals surface area contributed by atoms with Crippen molar-refractivity contribution < 1.29 is 0 Å². The molecule has 0 aromatic carbocycles. The molecule has 68 valence electrons. The van der Waals surface area contributed by atoms with Crippen LogP contribution in [0.3, 0.4) is 0 Å². The van der Waals surface area contributed by atoms with E-state index in [9.17, 15) is 0 Å². The van der Waals surface area contributed by atoms with Gasteiger partial charge in [0.1, 0.15) is 0 Å². The van der Waals surface area contributed by atoms with Gasteiger partial charge in [-0.1, -0.05) is 25.9 Å². The Bertz CT molecular complexity index is 196. The van der Waals surface area contributed by atoms with Crippen molar-refractivity contribution in [3.8, 4) is 0 Å². The van der Waals surface area contributed by atoms with E-state index in [1.807, 2.05) is 0 Å². The van der Waals surface area contributed by atoms with Gasteiger partial charge in [0.15, 0.2) is 0 Å². The SMILES string of the molecule is CC1C[C@@H](C)CC(N=[N+]=[N-])[C@H]1C. The molecule has 3 nitrogen and oxygen atoms in total. The number of rotatable bonds is 1. The molecule has 0 amide bonds. The average Bonchev–Trinajstić information content (AvgIpc) is 2.00.